The van der Waals surface area contributed by atoms with Crippen molar-refractivity contribution in [3.63, 3.8) is 0 Å². The van der Waals surface area contributed by atoms with Crippen molar-refractivity contribution in [2.24, 2.45) is 0 Å². The summed E-state index contributed by atoms with van der Waals surface area (Å²) in [5.74, 6) is -1.05. The SMILES string of the molecule is Cc1ccc(F)cc1CNC(CCC(=O)O)Cc1ccccc1. The van der Waals surface area contributed by atoms with Gasteiger partial charge >= 0.3 is 5.97 Å². The highest BCUT2D eigenvalue weighted by molar-refractivity contribution is 5.66. The molecule has 1 unspecified atom stereocenters. The Hall–Kier alpha value is -2.20. The summed E-state index contributed by atoms with van der Waals surface area (Å²) in [6.45, 7) is 2.47. The van der Waals surface area contributed by atoms with Crippen LogP contribution in [0.15, 0.2) is 48.5 Å². The number of halogens is 1. The van der Waals surface area contributed by atoms with Crippen LogP contribution in [0.5, 0.6) is 0 Å². The zero-order chi connectivity index (χ0) is 16.7. The summed E-state index contributed by atoms with van der Waals surface area (Å²) in [4.78, 5) is 10.9. The number of hydrogen-bond donors (Lipinski definition) is 2. The normalized spacial score (nSPS) is 12.1. The van der Waals surface area contributed by atoms with Gasteiger partial charge in [0.25, 0.3) is 0 Å². The summed E-state index contributed by atoms with van der Waals surface area (Å²) in [6.07, 6.45) is 1.41. The molecule has 0 radical (unpaired) electrons. The number of carboxylic acids is 1. The number of carbonyl (C=O) groups is 1. The van der Waals surface area contributed by atoms with E-state index in [4.69, 9.17) is 5.11 Å². The second kappa shape index (κ2) is 8.44. The van der Waals surface area contributed by atoms with E-state index in [0.717, 1.165) is 23.1 Å². The van der Waals surface area contributed by atoms with E-state index in [2.05, 4.69) is 5.32 Å². The molecular weight excluding hydrogens is 293 g/mol. The highest BCUT2D eigenvalue weighted by Crippen LogP contribution is 2.13. The van der Waals surface area contributed by atoms with Crippen LogP contribution in [0.25, 0.3) is 0 Å². The Bertz CT molecular complexity index is 643. The van der Waals surface area contributed by atoms with E-state index < -0.39 is 5.97 Å². The van der Waals surface area contributed by atoms with E-state index in [1.165, 1.54) is 12.1 Å². The first-order valence-electron chi connectivity index (χ1n) is 7.78. The molecule has 0 saturated heterocycles. The quantitative estimate of drug-likeness (QED) is 0.781. The summed E-state index contributed by atoms with van der Waals surface area (Å²) >= 11 is 0. The summed E-state index contributed by atoms with van der Waals surface area (Å²) in [5.41, 5.74) is 3.08. The van der Waals surface area contributed by atoms with Gasteiger partial charge in [0.1, 0.15) is 5.82 Å². The molecule has 0 amide bonds. The number of benzene rings is 2. The van der Waals surface area contributed by atoms with Crippen LogP contribution in [0.1, 0.15) is 29.5 Å². The minimum absolute atomic E-state index is 0.0381. The number of nitrogens with one attached hydrogen (secondary N) is 1. The molecule has 4 heteroatoms. The van der Waals surface area contributed by atoms with Crippen molar-refractivity contribution in [2.45, 2.75) is 38.8 Å². The van der Waals surface area contributed by atoms with Gasteiger partial charge in [-0.3, -0.25) is 4.79 Å². The van der Waals surface area contributed by atoms with Gasteiger partial charge in [-0.15, -0.1) is 0 Å². The molecular formula is C19H22FNO2. The third-order valence-electron chi connectivity index (χ3n) is 3.92. The topological polar surface area (TPSA) is 49.3 Å². The molecule has 3 nitrogen and oxygen atoms in total. The Morgan fingerprint density at radius 2 is 1.96 bits per heavy atom. The Kier molecular flexibility index (Phi) is 6.29. The first kappa shape index (κ1) is 17.2. The van der Waals surface area contributed by atoms with Crippen molar-refractivity contribution >= 4 is 5.97 Å². The standard InChI is InChI=1S/C19H22FNO2/c1-14-7-8-17(20)12-16(14)13-21-18(9-10-19(22)23)11-15-5-3-2-4-6-15/h2-8,12,18,21H,9-11,13H2,1H3,(H,22,23). The number of carboxylic acid groups (broad SMARTS) is 1. The molecule has 0 heterocycles. The van der Waals surface area contributed by atoms with E-state index in [1.54, 1.807) is 6.07 Å². The van der Waals surface area contributed by atoms with Crippen LogP contribution < -0.4 is 5.32 Å². The molecule has 0 aliphatic heterocycles. The Morgan fingerprint density at radius 3 is 2.65 bits per heavy atom. The third-order valence-corrected chi connectivity index (χ3v) is 3.92. The van der Waals surface area contributed by atoms with Crippen molar-refractivity contribution < 1.29 is 14.3 Å². The maximum Gasteiger partial charge on any atom is 0.303 e. The molecule has 0 fully saturated rings. The molecule has 122 valence electrons. The zero-order valence-corrected chi connectivity index (χ0v) is 13.3. The summed E-state index contributed by atoms with van der Waals surface area (Å²) in [6, 6.07) is 14.7. The number of hydrogen-bond acceptors (Lipinski definition) is 2. The number of aryl methyl sites for hydroxylation is 1. The third kappa shape index (κ3) is 5.83. The van der Waals surface area contributed by atoms with Gasteiger partial charge in [-0.05, 0) is 48.6 Å². The van der Waals surface area contributed by atoms with Gasteiger partial charge in [-0.1, -0.05) is 36.4 Å². The van der Waals surface area contributed by atoms with Gasteiger partial charge in [-0.25, -0.2) is 4.39 Å². The molecule has 2 N–H and O–H groups in total. The highest BCUT2D eigenvalue weighted by atomic mass is 19.1. The van der Waals surface area contributed by atoms with Crippen LogP contribution in [-0.4, -0.2) is 17.1 Å². The Morgan fingerprint density at radius 1 is 1.22 bits per heavy atom. The number of aliphatic carboxylic acids is 1. The van der Waals surface area contributed by atoms with Crippen LogP contribution in [0.2, 0.25) is 0 Å². The second-order valence-electron chi connectivity index (χ2n) is 5.77. The lowest BCUT2D eigenvalue weighted by molar-refractivity contribution is -0.137. The molecule has 23 heavy (non-hydrogen) atoms. The Labute approximate surface area is 136 Å². The molecule has 0 spiro atoms. The lowest BCUT2D eigenvalue weighted by Gasteiger charge is -2.19. The molecule has 0 aliphatic rings. The predicted molar refractivity (Wildman–Crippen MR) is 88.8 cm³/mol. The highest BCUT2D eigenvalue weighted by Gasteiger charge is 2.12. The zero-order valence-electron chi connectivity index (χ0n) is 13.3. The van der Waals surface area contributed by atoms with Crippen LogP contribution >= 0.6 is 0 Å². The molecule has 2 aromatic rings. The molecule has 0 saturated carbocycles. The Balaban J connectivity index is 2.01. The molecule has 1 atom stereocenters. The lowest BCUT2D eigenvalue weighted by atomic mass is 10.0. The first-order valence-corrected chi connectivity index (χ1v) is 7.78. The molecule has 2 rings (SSSR count). The van der Waals surface area contributed by atoms with Gasteiger partial charge in [0, 0.05) is 19.0 Å². The van der Waals surface area contributed by atoms with Crippen molar-refractivity contribution in [3.8, 4) is 0 Å². The molecule has 0 bridgehead atoms. The first-order chi connectivity index (χ1) is 11.0. The van der Waals surface area contributed by atoms with E-state index in [0.29, 0.717) is 13.0 Å². The van der Waals surface area contributed by atoms with E-state index in [1.807, 2.05) is 37.3 Å². The number of rotatable bonds is 8. The molecule has 2 aromatic carbocycles. The van der Waals surface area contributed by atoms with Crippen LogP contribution in [-0.2, 0) is 17.8 Å². The van der Waals surface area contributed by atoms with Gasteiger partial charge in [0.2, 0.25) is 0 Å². The fourth-order valence-corrected chi connectivity index (χ4v) is 2.56. The maximum atomic E-state index is 13.4. The van der Waals surface area contributed by atoms with E-state index in [-0.39, 0.29) is 18.3 Å². The second-order valence-corrected chi connectivity index (χ2v) is 5.77. The van der Waals surface area contributed by atoms with Crippen LogP contribution in [0, 0.1) is 12.7 Å². The lowest BCUT2D eigenvalue weighted by Crippen LogP contribution is -2.31. The van der Waals surface area contributed by atoms with Crippen LogP contribution in [0.3, 0.4) is 0 Å². The van der Waals surface area contributed by atoms with Crippen molar-refractivity contribution in [2.75, 3.05) is 0 Å². The van der Waals surface area contributed by atoms with Gasteiger partial charge in [-0.2, -0.15) is 0 Å². The van der Waals surface area contributed by atoms with Crippen molar-refractivity contribution in [1.82, 2.24) is 5.32 Å². The van der Waals surface area contributed by atoms with Gasteiger partial charge in [0.05, 0.1) is 0 Å². The van der Waals surface area contributed by atoms with Crippen molar-refractivity contribution in [1.29, 1.82) is 0 Å². The van der Waals surface area contributed by atoms with Gasteiger partial charge < -0.3 is 10.4 Å². The minimum atomic E-state index is -0.799. The average Bonchev–Trinajstić information content (AvgIpc) is 2.54. The molecule has 0 aromatic heterocycles. The maximum absolute atomic E-state index is 13.4. The average molecular weight is 315 g/mol. The van der Waals surface area contributed by atoms with Crippen molar-refractivity contribution in [3.05, 3.63) is 71.0 Å². The monoisotopic (exact) mass is 315 g/mol. The summed E-state index contributed by atoms with van der Waals surface area (Å²) < 4.78 is 13.4. The summed E-state index contributed by atoms with van der Waals surface area (Å²) in [5, 5.41) is 12.3. The fourth-order valence-electron chi connectivity index (χ4n) is 2.56. The molecule has 0 aliphatic carbocycles. The van der Waals surface area contributed by atoms with E-state index >= 15 is 0 Å². The van der Waals surface area contributed by atoms with Crippen LogP contribution in [0.4, 0.5) is 4.39 Å². The predicted octanol–water partition coefficient (Wildman–Crippen LogP) is 3.70. The van der Waals surface area contributed by atoms with Gasteiger partial charge in [0.15, 0.2) is 0 Å². The minimum Gasteiger partial charge on any atom is -0.481 e. The smallest absolute Gasteiger partial charge is 0.303 e. The summed E-state index contributed by atoms with van der Waals surface area (Å²) in [7, 11) is 0. The fraction of sp³-hybridized carbons (Fsp3) is 0.316. The van der Waals surface area contributed by atoms with E-state index in [9.17, 15) is 9.18 Å². The largest absolute Gasteiger partial charge is 0.481 e.